The van der Waals surface area contributed by atoms with Crippen molar-refractivity contribution in [3.05, 3.63) is 47.7 Å². The molecule has 1 aromatic carbocycles. The Balaban J connectivity index is 1.73. The first-order valence-corrected chi connectivity index (χ1v) is 8.83. The molecule has 26 heavy (non-hydrogen) atoms. The molecule has 6 heteroatoms. The highest BCUT2D eigenvalue weighted by Crippen LogP contribution is 2.29. The number of hydrogen-bond acceptors (Lipinski definition) is 5. The Morgan fingerprint density at radius 1 is 1.08 bits per heavy atom. The zero-order chi connectivity index (χ0) is 18.5. The lowest BCUT2D eigenvalue weighted by Gasteiger charge is -2.23. The van der Waals surface area contributed by atoms with Gasteiger partial charge in [0.15, 0.2) is 0 Å². The van der Waals surface area contributed by atoms with Gasteiger partial charge in [0.25, 0.3) is 5.91 Å². The van der Waals surface area contributed by atoms with Crippen molar-refractivity contribution in [2.24, 2.45) is 0 Å². The Kier molecular flexibility index (Phi) is 5.61. The Bertz CT molecular complexity index is 739. The lowest BCUT2D eigenvalue weighted by molar-refractivity contribution is 0.0929. The predicted octanol–water partition coefficient (Wildman–Crippen LogP) is 3.17. The molecule has 138 valence electrons. The van der Waals surface area contributed by atoms with Crippen LogP contribution >= 0.6 is 0 Å². The van der Waals surface area contributed by atoms with Gasteiger partial charge < -0.3 is 20.1 Å². The minimum atomic E-state index is -0.185. The summed E-state index contributed by atoms with van der Waals surface area (Å²) in [5.41, 5.74) is 1.55. The molecular weight excluding hydrogens is 330 g/mol. The maximum absolute atomic E-state index is 12.9. The zero-order valence-corrected chi connectivity index (χ0v) is 15.4. The number of aryl methyl sites for hydroxylation is 1. The molecule has 1 aliphatic carbocycles. The van der Waals surface area contributed by atoms with E-state index >= 15 is 0 Å². The average molecular weight is 355 g/mol. The van der Waals surface area contributed by atoms with Crippen molar-refractivity contribution in [2.45, 2.75) is 38.3 Å². The van der Waals surface area contributed by atoms with Gasteiger partial charge in [-0.05, 0) is 49.9 Å². The van der Waals surface area contributed by atoms with Crippen molar-refractivity contribution in [2.75, 3.05) is 19.5 Å². The van der Waals surface area contributed by atoms with Gasteiger partial charge in [-0.3, -0.25) is 4.79 Å². The summed E-state index contributed by atoms with van der Waals surface area (Å²) in [5.74, 6) is 1.65. The highest BCUT2D eigenvalue weighted by atomic mass is 16.5. The number of methoxy groups -OCH3 is 2. The van der Waals surface area contributed by atoms with Crippen LogP contribution in [0, 0.1) is 6.92 Å². The number of carbonyl (C=O) groups excluding carboxylic acids is 1. The number of ether oxygens (including phenoxy) is 2. The predicted molar refractivity (Wildman–Crippen MR) is 101 cm³/mol. The molecule has 0 spiro atoms. The Morgan fingerprint density at radius 2 is 1.77 bits per heavy atom. The quantitative estimate of drug-likeness (QED) is 0.833. The van der Waals surface area contributed by atoms with Gasteiger partial charge in [0.2, 0.25) is 0 Å². The number of amides is 1. The molecule has 1 aliphatic rings. The van der Waals surface area contributed by atoms with E-state index in [0.717, 1.165) is 30.6 Å². The van der Waals surface area contributed by atoms with E-state index in [4.69, 9.17) is 9.47 Å². The van der Waals surface area contributed by atoms with Crippen LogP contribution in [0.2, 0.25) is 0 Å². The van der Waals surface area contributed by atoms with Crippen LogP contribution in [-0.4, -0.2) is 37.2 Å². The molecule has 0 bridgehead atoms. The molecule has 2 aromatic rings. The van der Waals surface area contributed by atoms with E-state index in [1.54, 1.807) is 32.4 Å². The van der Waals surface area contributed by atoms with Crippen molar-refractivity contribution in [1.29, 1.82) is 0 Å². The number of aromatic nitrogens is 1. The van der Waals surface area contributed by atoms with E-state index in [9.17, 15) is 4.79 Å². The smallest absolute Gasteiger partial charge is 0.259 e. The van der Waals surface area contributed by atoms with Gasteiger partial charge in [0, 0.05) is 18.3 Å². The van der Waals surface area contributed by atoms with E-state index in [-0.39, 0.29) is 18.0 Å². The molecule has 1 fully saturated rings. The summed E-state index contributed by atoms with van der Waals surface area (Å²) in [5, 5.41) is 6.58. The van der Waals surface area contributed by atoms with Gasteiger partial charge in [-0.2, -0.15) is 0 Å². The molecule has 1 heterocycles. The highest BCUT2D eigenvalue weighted by Gasteiger charge is 2.30. The first-order valence-electron chi connectivity index (χ1n) is 8.83. The van der Waals surface area contributed by atoms with Crippen molar-refractivity contribution in [3.63, 3.8) is 0 Å². The van der Waals surface area contributed by atoms with Crippen LogP contribution < -0.4 is 20.1 Å². The lowest BCUT2D eigenvalue weighted by Crippen LogP contribution is -2.43. The topological polar surface area (TPSA) is 72.5 Å². The Labute approximate surface area is 153 Å². The summed E-state index contributed by atoms with van der Waals surface area (Å²) < 4.78 is 10.7. The molecule has 3 rings (SSSR count). The third-order valence-electron chi connectivity index (χ3n) is 4.73. The molecule has 1 saturated carbocycles. The lowest BCUT2D eigenvalue weighted by atomic mass is 10.1. The molecule has 2 atom stereocenters. The monoisotopic (exact) mass is 355 g/mol. The van der Waals surface area contributed by atoms with Crippen LogP contribution in [0.1, 0.15) is 35.2 Å². The third-order valence-corrected chi connectivity index (χ3v) is 4.73. The molecule has 6 nitrogen and oxygen atoms in total. The van der Waals surface area contributed by atoms with E-state index in [1.807, 2.05) is 25.3 Å². The normalized spacial score (nSPS) is 19.0. The maximum Gasteiger partial charge on any atom is 0.259 e. The maximum atomic E-state index is 12.9. The van der Waals surface area contributed by atoms with Crippen LogP contribution in [0.25, 0.3) is 0 Å². The van der Waals surface area contributed by atoms with E-state index in [0.29, 0.717) is 17.1 Å². The zero-order valence-electron chi connectivity index (χ0n) is 15.4. The fourth-order valence-electron chi connectivity index (χ4n) is 3.36. The van der Waals surface area contributed by atoms with Crippen LogP contribution in [0.4, 0.5) is 5.82 Å². The first kappa shape index (κ1) is 18.0. The number of rotatable bonds is 6. The van der Waals surface area contributed by atoms with Crippen LogP contribution in [0.5, 0.6) is 11.5 Å². The number of nitrogens with one attached hydrogen (secondary N) is 2. The number of anilines is 1. The average Bonchev–Trinajstić information content (AvgIpc) is 3.09. The fourth-order valence-corrected chi connectivity index (χ4v) is 3.36. The van der Waals surface area contributed by atoms with Gasteiger partial charge in [-0.25, -0.2) is 4.98 Å². The summed E-state index contributed by atoms with van der Waals surface area (Å²) in [6, 6.07) is 9.50. The van der Waals surface area contributed by atoms with Gasteiger partial charge in [0.05, 0.1) is 14.2 Å². The number of pyridine rings is 1. The molecule has 2 N–H and O–H groups in total. The third kappa shape index (κ3) is 3.90. The molecule has 0 radical (unpaired) electrons. The molecular formula is C20H25N3O3. The molecule has 0 aliphatic heterocycles. The molecule has 0 unspecified atom stereocenters. The van der Waals surface area contributed by atoms with Crippen molar-refractivity contribution in [1.82, 2.24) is 10.3 Å². The van der Waals surface area contributed by atoms with E-state index in [1.165, 1.54) is 0 Å². The van der Waals surface area contributed by atoms with Gasteiger partial charge in [-0.15, -0.1) is 0 Å². The second-order valence-corrected chi connectivity index (χ2v) is 6.52. The second kappa shape index (κ2) is 8.08. The van der Waals surface area contributed by atoms with Crippen molar-refractivity contribution >= 4 is 11.7 Å². The Morgan fingerprint density at radius 3 is 2.38 bits per heavy atom. The summed E-state index contributed by atoms with van der Waals surface area (Å²) in [4.78, 5) is 17.3. The second-order valence-electron chi connectivity index (χ2n) is 6.52. The highest BCUT2D eigenvalue weighted by molar-refractivity contribution is 6.00. The van der Waals surface area contributed by atoms with E-state index in [2.05, 4.69) is 15.6 Å². The van der Waals surface area contributed by atoms with Gasteiger partial charge >= 0.3 is 0 Å². The minimum Gasteiger partial charge on any atom is -0.496 e. The van der Waals surface area contributed by atoms with Gasteiger partial charge in [0.1, 0.15) is 22.9 Å². The van der Waals surface area contributed by atoms with Crippen LogP contribution in [0.3, 0.4) is 0 Å². The van der Waals surface area contributed by atoms with Gasteiger partial charge in [-0.1, -0.05) is 12.1 Å². The largest absolute Gasteiger partial charge is 0.496 e. The van der Waals surface area contributed by atoms with E-state index < -0.39 is 0 Å². The number of carbonyl (C=O) groups is 1. The summed E-state index contributed by atoms with van der Waals surface area (Å²) >= 11 is 0. The van der Waals surface area contributed by atoms with Crippen LogP contribution in [0.15, 0.2) is 36.5 Å². The first-order chi connectivity index (χ1) is 12.6. The summed E-state index contributed by atoms with van der Waals surface area (Å²) in [6.07, 6.45) is 4.80. The number of benzene rings is 1. The van der Waals surface area contributed by atoms with Crippen LogP contribution in [-0.2, 0) is 0 Å². The number of nitrogens with zero attached hydrogens (tertiary/aromatic N) is 1. The minimum absolute atomic E-state index is 0.0280. The van der Waals surface area contributed by atoms with Crippen molar-refractivity contribution < 1.29 is 14.3 Å². The fraction of sp³-hybridized carbons (Fsp3) is 0.400. The van der Waals surface area contributed by atoms with Crippen molar-refractivity contribution in [3.8, 4) is 11.5 Å². The molecule has 1 aromatic heterocycles. The standard InChI is InChI=1S/C20H25N3O3/c1-13-10-11-18(21-12-13)22-14-6-4-7-15(14)23-20(24)19-16(25-2)8-5-9-17(19)26-3/h5,8-12,14-15H,4,6-7H2,1-3H3,(H,21,22)(H,23,24)/t14-,15+/m0/s1. The molecule has 0 saturated heterocycles. The Hall–Kier alpha value is -2.76. The number of hydrogen-bond donors (Lipinski definition) is 2. The molecule has 1 amide bonds. The summed E-state index contributed by atoms with van der Waals surface area (Å²) in [7, 11) is 3.10. The SMILES string of the molecule is COc1cccc(OC)c1C(=O)N[C@@H]1CCC[C@@H]1Nc1ccc(C)cn1. The summed E-state index contributed by atoms with van der Waals surface area (Å²) in [6.45, 7) is 2.01.